The highest BCUT2D eigenvalue weighted by Crippen LogP contribution is 2.24. The Morgan fingerprint density at radius 1 is 1.33 bits per heavy atom. The normalized spacial score (nSPS) is 14.3. The van der Waals surface area contributed by atoms with Gasteiger partial charge in [0, 0.05) is 0 Å². The van der Waals surface area contributed by atoms with Crippen LogP contribution in [0.1, 0.15) is 39.5 Å². The lowest BCUT2D eigenvalue weighted by molar-refractivity contribution is -0.0647. The van der Waals surface area contributed by atoms with Gasteiger partial charge < -0.3 is 10.2 Å². The summed E-state index contributed by atoms with van der Waals surface area (Å²) in [7, 11) is 0. The molecule has 0 aliphatic rings. The van der Waals surface area contributed by atoms with Gasteiger partial charge >= 0.3 is 0 Å². The summed E-state index contributed by atoms with van der Waals surface area (Å²) in [6.45, 7) is 9.14. The Hall–Kier alpha value is -0.340. The second-order valence-electron chi connectivity index (χ2n) is 3.24. The summed E-state index contributed by atoms with van der Waals surface area (Å²) in [6, 6.07) is 0. The lowest BCUT2D eigenvalue weighted by atomic mass is 9.87. The second kappa shape index (κ2) is 5.33. The molecule has 0 aromatic carbocycles. The molecule has 0 aliphatic carbocycles. The molecule has 0 saturated heterocycles. The molecule has 0 heterocycles. The van der Waals surface area contributed by atoms with E-state index in [1.54, 1.807) is 0 Å². The first kappa shape index (κ1) is 11.7. The first-order valence-electron chi connectivity index (χ1n) is 4.56. The van der Waals surface area contributed by atoms with Crippen LogP contribution in [0.3, 0.4) is 0 Å². The predicted molar refractivity (Wildman–Crippen MR) is 49.6 cm³/mol. The molecule has 1 radical (unpaired) electrons. The summed E-state index contributed by atoms with van der Waals surface area (Å²) in [5, 5.41) is 19.3. The lowest BCUT2D eigenvalue weighted by Gasteiger charge is -2.30. The van der Waals surface area contributed by atoms with Gasteiger partial charge in [0.1, 0.15) is 6.10 Å². The van der Waals surface area contributed by atoms with E-state index in [0.717, 1.165) is 18.9 Å². The Bertz CT molecular complexity index is 126. The topological polar surface area (TPSA) is 40.5 Å². The highest BCUT2D eigenvalue weighted by molar-refractivity contribution is 4.94. The van der Waals surface area contributed by atoms with E-state index in [2.05, 4.69) is 0 Å². The van der Waals surface area contributed by atoms with Crippen molar-refractivity contribution in [3.8, 4) is 0 Å². The Labute approximate surface area is 74.9 Å². The van der Waals surface area contributed by atoms with E-state index in [1.807, 2.05) is 13.8 Å². The minimum atomic E-state index is -1.02. The standard InChI is InChI=1S/C10H19O2/c1-4-7-10(12,8-5-2)9(11)6-3/h3,6,9,11-12H,4-5,7-8H2,1-2H3. The van der Waals surface area contributed by atoms with E-state index in [0.29, 0.717) is 12.8 Å². The fraction of sp³-hybridized carbons (Fsp3) is 0.800. The van der Waals surface area contributed by atoms with Crippen molar-refractivity contribution in [2.45, 2.75) is 51.2 Å². The van der Waals surface area contributed by atoms with Crippen LogP contribution in [0.4, 0.5) is 0 Å². The lowest BCUT2D eigenvalue weighted by Crippen LogP contribution is -2.40. The average molecular weight is 171 g/mol. The molecule has 0 aromatic heterocycles. The molecule has 12 heavy (non-hydrogen) atoms. The zero-order valence-electron chi connectivity index (χ0n) is 7.95. The van der Waals surface area contributed by atoms with E-state index in [-0.39, 0.29) is 0 Å². The zero-order valence-corrected chi connectivity index (χ0v) is 7.95. The molecule has 71 valence electrons. The van der Waals surface area contributed by atoms with Crippen molar-refractivity contribution in [1.29, 1.82) is 0 Å². The van der Waals surface area contributed by atoms with Crippen LogP contribution in [-0.4, -0.2) is 21.9 Å². The summed E-state index contributed by atoms with van der Waals surface area (Å²) >= 11 is 0. The fourth-order valence-corrected chi connectivity index (χ4v) is 1.47. The van der Waals surface area contributed by atoms with Gasteiger partial charge in [-0.05, 0) is 12.8 Å². The zero-order chi connectivity index (χ0) is 9.61. The summed E-state index contributed by atoms with van der Waals surface area (Å²) in [5.74, 6) is 0. The molecule has 0 aliphatic heterocycles. The fourth-order valence-electron chi connectivity index (χ4n) is 1.47. The van der Waals surface area contributed by atoms with Gasteiger partial charge in [0.25, 0.3) is 0 Å². The Kier molecular flexibility index (Phi) is 5.18. The van der Waals surface area contributed by atoms with Crippen molar-refractivity contribution in [2.75, 3.05) is 0 Å². The summed E-state index contributed by atoms with van der Waals surface area (Å²) in [4.78, 5) is 0. The Morgan fingerprint density at radius 3 is 2.00 bits per heavy atom. The highest BCUT2D eigenvalue weighted by Gasteiger charge is 2.31. The quantitative estimate of drug-likeness (QED) is 0.638. The maximum Gasteiger partial charge on any atom is 0.101 e. The number of aliphatic hydroxyl groups excluding tert-OH is 1. The van der Waals surface area contributed by atoms with Gasteiger partial charge in [0.15, 0.2) is 0 Å². The number of aliphatic hydroxyl groups is 2. The largest absolute Gasteiger partial charge is 0.387 e. The van der Waals surface area contributed by atoms with Crippen LogP contribution in [0.25, 0.3) is 0 Å². The van der Waals surface area contributed by atoms with E-state index in [9.17, 15) is 10.2 Å². The molecule has 2 N–H and O–H groups in total. The first-order chi connectivity index (χ1) is 5.60. The number of rotatable bonds is 6. The van der Waals surface area contributed by atoms with Gasteiger partial charge in [-0.25, -0.2) is 0 Å². The van der Waals surface area contributed by atoms with Gasteiger partial charge in [0.2, 0.25) is 0 Å². The molecule has 1 unspecified atom stereocenters. The van der Waals surface area contributed by atoms with Gasteiger partial charge in [0.05, 0.1) is 5.60 Å². The van der Waals surface area contributed by atoms with E-state index < -0.39 is 11.7 Å². The van der Waals surface area contributed by atoms with Crippen molar-refractivity contribution < 1.29 is 10.2 Å². The molecule has 0 bridgehead atoms. The maximum absolute atomic E-state index is 9.92. The summed E-state index contributed by atoms with van der Waals surface area (Å²) in [6.07, 6.45) is 3.14. The molecule has 0 saturated carbocycles. The predicted octanol–water partition coefficient (Wildman–Crippen LogP) is 1.67. The van der Waals surface area contributed by atoms with Crippen molar-refractivity contribution >= 4 is 0 Å². The van der Waals surface area contributed by atoms with Crippen molar-refractivity contribution in [3.63, 3.8) is 0 Å². The second-order valence-corrected chi connectivity index (χ2v) is 3.24. The molecule has 0 rings (SSSR count). The minimum Gasteiger partial charge on any atom is -0.387 e. The Morgan fingerprint density at radius 2 is 1.75 bits per heavy atom. The third-order valence-electron chi connectivity index (χ3n) is 2.10. The van der Waals surface area contributed by atoms with Crippen LogP contribution in [-0.2, 0) is 0 Å². The third kappa shape index (κ3) is 2.95. The molecular formula is C10H19O2. The van der Waals surface area contributed by atoms with Crippen LogP contribution in [0.15, 0.2) is 6.08 Å². The SMILES string of the molecule is [CH]=CC(O)C(O)(CCC)CCC. The summed E-state index contributed by atoms with van der Waals surface area (Å²) in [5.41, 5.74) is -1.02. The van der Waals surface area contributed by atoms with E-state index >= 15 is 0 Å². The Balaban J connectivity index is 4.25. The van der Waals surface area contributed by atoms with Gasteiger partial charge in [-0.2, -0.15) is 0 Å². The average Bonchev–Trinajstić information content (AvgIpc) is 2.04. The molecule has 2 nitrogen and oxygen atoms in total. The summed E-state index contributed by atoms with van der Waals surface area (Å²) < 4.78 is 0. The van der Waals surface area contributed by atoms with Gasteiger partial charge in [-0.15, -0.1) is 0 Å². The molecule has 0 amide bonds. The first-order valence-corrected chi connectivity index (χ1v) is 4.56. The molecular weight excluding hydrogens is 152 g/mol. The van der Waals surface area contributed by atoms with Crippen molar-refractivity contribution in [2.24, 2.45) is 0 Å². The number of hydrogen-bond acceptors (Lipinski definition) is 2. The van der Waals surface area contributed by atoms with Crippen LogP contribution in [0.2, 0.25) is 0 Å². The highest BCUT2D eigenvalue weighted by atomic mass is 16.3. The van der Waals surface area contributed by atoms with Gasteiger partial charge in [-0.1, -0.05) is 39.3 Å². The molecule has 0 aromatic rings. The van der Waals surface area contributed by atoms with Gasteiger partial charge in [-0.3, -0.25) is 0 Å². The van der Waals surface area contributed by atoms with E-state index in [4.69, 9.17) is 6.58 Å². The van der Waals surface area contributed by atoms with Crippen molar-refractivity contribution in [3.05, 3.63) is 12.7 Å². The molecule has 0 fully saturated rings. The van der Waals surface area contributed by atoms with Crippen LogP contribution >= 0.6 is 0 Å². The minimum absolute atomic E-state index is 0.593. The van der Waals surface area contributed by atoms with Crippen molar-refractivity contribution in [1.82, 2.24) is 0 Å². The van der Waals surface area contributed by atoms with Crippen LogP contribution in [0.5, 0.6) is 0 Å². The monoisotopic (exact) mass is 171 g/mol. The third-order valence-corrected chi connectivity index (χ3v) is 2.10. The smallest absolute Gasteiger partial charge is 0.101 e. The van der Waals surface area contributed by atoms with Crippen LogP contribution < -0.4 is 0 Å². The molecule has 2 heteroatoms. The van der Waals surface area contributed by atoms with Crippen LogP contribution in [0, 0.1) is 6.58 Å². The number of hydrogen-bond donors (Lipinski definition) is 2. The van der Waals surface area contributed by atoms with E-state index in [1.165, 1.54) is 0 Å². The maximum atomic E-state index is 9.92. The molecule has 0 spiro atoms. The molecule has 1 atom stereocenters.